The minimum atomic E-state index is -5.00. The molecule has 117 heavy (non-hydrogen) atoms. The third-order valence-corrected chi connectivity index (χ3v) is 27.1. The predicted molar refractivity (Wildman–Crippen MR) is 390 cm³/mol. The lowest BCUT2D eigenvalue weighted by Crippen LogP contribution is -2.17. The van der Waals surface area contributed by atoms with Gasteiger partial charge in [-0.2, -0.15) is 0 Å². The Kier molecular flexibility index (Phi) is 59.7. The second-order valence-corrected chi connectivity index (χ2v) is 43.1. The number of hydrogen-bond acceptors (Lipinski definition) is 42. The van der Waals surface area contributed by atoms with Crippen LogP contribution in [0.25, 0.3) is 0 Å². The molecule has 19 atom stereocenters. The fourth-order valence-electron chi connectivity index (χ4n) is 6.84. The first-order valence-electron chi connectivity index (χ1n) is 34.2. The first-order valence-corrected chi connectivity index (χ1v) is 55.2. The molecule has 0 saturated heterocycles. The molecule has 0 aliphatic heterocycles. The molecule has 16 N–H and O–H groups in total. The van der Waals surface area contributed by atoms with Crippen molar-refractivity contribution in [2.75, 3.05) is 185 Å². The van der Waals surface area contributed by atoms with Crippen LogP contribution in [0, 0.1) is 35.5 Å². The third kappa shape index (κ3) is 66.5. The Bertz CT molecular complexity index is 3480. The zero-order valence-electron chi connectivity index (χ0n) is 63.7. The van der Waals surface area contributed by atoms with Crippen LogP contribution in [-0.4, -0.2) is 264 Å². The van der Waals surface area contributed by atoms with Gasteiger partial charge in [0.2, 0.25) is 0 Å². The van der Waals surface area contributed by atoms with E-state index in [-0.39, 0.29) is 45.3 Å². The highest BCUT2D eigenvalue weighted by molar-refractivity contribution is 7.50. The summed E-state index contributed by atoms with van der Waals surface area (Å²) in [5.41, 5.74) is 0. The van der Waals surface area contributed by atoms with Crippen LogP contribution in [0.5, 0.6) is 0 Å². The summed E-state index contributed by atoms with van der Waals surface area (Å²) in [6, 6.07) is 0. The Morgan fingerprint density at radius 2 is 0.256 bits per heavy atom. The van der Waals surface area contributed by atoms with Gasteiger partial charge < -0.3 is 78.5 Å². The van der Waals surface area contributed by atoms with E-state index in [0.717, 1.165) is 0 Å². The van der Waals surface area contributed by atoms with Crippen molar-refractivity contribution < 1.29 is 265 Å². The number of phosphoric ester groups is 14. The predicted octanol–water partition coefficient (Wildman–Crippen LogP) is 6.98. The summed E-state index contributed by atoms with van der Waals surface area (Å²) < 4.78 is 297. The first-order chi connectivity index (χ1) is 53.8. The van der Waals surface area contributed by atoms with E-state index in [1.54, 1.807) is 20.8 Å². The van der Waals surface area contributed by atoms with Crippen LogP contribution in [0.3, 0.4) is 0 Å². The molecule has 0 aliphatic rings. The van der Waals surface area contributed by atoms with Crippen LogP contribution in [0.1, 0.15) is 80.1 Å². The highest BCUT2D eigenvalue weighted by atomic mass is 31.2. The van der Waals surface area contributed by atoms with Gasteiger partial charge in [0.25, 0.3) is 0 Å². The van der Waals surface area contributed by atoms with Crippen molar-refractivity contribution in [1.29, 1.82) is 0 Å². The summed E-state index contributed by atoms with van der Waals surface area (Å²) in [6.45, 7) is -10.8. The van der Waals surface area contributed by atoms with E-state index in [2.05, 4.69) is 49.8 Å². The maximum atomic E-state index is 12.5. The monoisotopic (exact) mass is 2010 g/mol. The van der Waals surface area contributed by atoms with Gasteiger partial charge in [0.15, 0.2) is 0 Å². The standard InChI is InChI=1S/C46H108O57P14/c1-7-41(29-47)30-94-108(57,58)83-21-22-86-111(63,64)97-35-44(10-4)36-99-113(67,68)88-25-26-90-115(71,72)101-39-46(12-6)40-103-117(75,76)92-28-27-91-116(73,74)102-38-45(11-5)37-100-114(69,70)89-24-23-87-112(65,66)98-34-43(9-3)33-96-110(61,62)85-20-18-82-107(55,56)80-16-14-78-105(51,52)77-13-15-79-106(53,54)81-17-19-84-109(59,60)95-32-42(8-2)31-93-104(48,49)50/h41-47H,7-40H2,1-6H3,(H,51,52)(H,53,54)(H,55,56)(H,57,58)(H,59,60)(H,61,62)(H,63,64)(H,65,66)(H,67,68)(H,69,70)(H,71,72)(H,73,74)(H,75,76)(H2,48,49,50). The summed E-state index contributed by atoms with van der Waals surface area (Å²) in [6.07, 6.45) is 1.07. The molecule has 0 heterocycles. The topological polar surface area (TPSA) is 812 Å². The van der Waals surface area contributed by atoms with Crippen LogP contribution >= 0.6 is 110 Å². The average Bonchev–Trinajstić information content (AvgIpc) is 0.912. The lowest BCUT2D eigenvalue weighted by atomic mass is 10.1. The van der Waals surface area contributed by atoms with E-state index in [9.17, 15) is 128 Å². The Morgan fingerprint density at radius 1 is 0.162 bits per heavy atom. The molecule has 0 aliphatic carbocycles. The van der Waals surface area contributed by atoms with Crippen molar-refractivity contribution in [3.8, 4) is 0 Å². The van der Waals surface area contributed by atoms with Crippen molar-refractivity contribution in [2.24, 2.45) is 35.5 Å². The number of phosphoric acid groups is 14. The zero-order chi connectivity index (χ0) is 89.6. The molecule has 0 aromatic heterocycles. The van der Waals surface area contributed by atoms with E-state index >= 15 is 0 Å². The summed E-state index contributed by atoms with van der Waals surface area (Å²) >= 11 is 0. The van der Waals surface area contributed by atoms with Crippen molar-refractivity contribution in [3.05, 3.63) is 0 Å². The summed E-state index contributed by atoms with van der Waals surface area (Å²) in [7, 11) is -68.5. The molecular weight excluding hydrogens is 1900 g/mol. The van der Waals surface area contributed by atoms with E-state index < -0.39 is 317 Å². The van der Waals surface area contributed by atoms with Gasteiger partial charge in [-0.15, -0.1) is 0 Å². The second-order valence-electron chi connectivity index (χ2n) is 23.0. The Labute approximate surface area is 672 Å². The molecule has 0 fully saturated rings. The highest BCUT2D eigenvalue weighted by Gasteiger charge is 2.36. The van der Waals surface area contributed by atoms with Gasteiger partial charge in [-0.05, 0) is 38.5 Å². The van der Waals surface area contributed by atoms with E-state index in [1.165, 1.54) is 20.8 Å². The summed E-state index contributed by atoms with van der Waals surface area (Å²) in [4.78, 5) is 147. The number of rotatable bonds is 80. The SMILES string of the molecule is CCC(CO)COP(=O)(O)OCCOP(=O)(O)OCC(CC)COP(=O)(O)OCCOP(=O)(O)OCC(CC)COP(=O)(O)OCCOP(=O)(O)OCC(CC)COP(=O)(O)OCCOP(=O)(O)OCC(CC)COP(=O)(O)OCCOP(=O)(O)OCCOP(=O)(O)OCCOP(=O)(O)OCCOP(=O)(O)OCC(CC)COP(=O)(O)O. The van der Waals surface area contributed by atoms with Crippen LogP contribution in [-0.2, 0) is 186 Å². The van der Waals surface area contributed by atoms with Gasteiger partial charge in [0, 0.05) is 42.1 Å². The number of aliphatic hydroxyl groups excluding tert-OH is 1. The normalized spacial score (nSPS) is 20.9. The van der Waals surface area contributed by atoms with Crippen molar-refractivity contribution >= 4 is 110 Å². The van der Waals surface area contributed by atoms with Crippen molar-refractivity contribution in [3.63, 3.8) is 0 Å². The van der Waals surface area contributed by atoms with Crippen LogP contribution in [0.2, 0.25) is 0 Å². The molecule has 0 bridgehead atoms. The fourth-order valence-corrected chi connectivity index (χ4v) is 17.1. The lowest BCUT2D eigenvalue weighted by molar-refractivity contribution is 0.0633. The Hall–Kier alpha value is 1.50. The van der Waals surface area contributed by atoms with Gasteiger partial charge >= 0.3 is 110 Å². The molecule has 0 spiro atoms. The molecular formula is C46H108O57P14. The molecule has 19 unspecified atom stereocenters. The molecule has 0 saturated carbocycles. The molecule has 0 aromatic rings. The zero-order valence-corrected chi connectivity index (χ0v) is 76.2. The van der Waals surface area contributed by atoms with Gasteiger partial charge in [-0.1, -0.05) is 41.5 Å². The first kappa shape index (κ1) is 118. The van der Waals surface area contributed by atoms with Crippen molar-refractivity contribution in [2.45, 2.75) is 80.1 Å². The summed E-state index contributed by atoms with van der Waals surface area (Å²) in [5, 5.41) is 9.16. The summed E-state index contributed by atoms with van der Waals surface area (Å²) in [5.74, 6) is -4.65. The van der Waals surface area contributed by atoms with E-state index in [0.29, 0.717) is 6.42 Å². The smallest absolute Gasteiger partial charge is 0.396 e. The minimum absolute atomic E-state index is 0.0751. The highest BCUT2D eigenvalue weighted by Crippen LogP contribution is 2.54. The van der Waals surface area contributed by atoms with Gasteiger partial charge in [-0.3, -0.25) is 122 Å². The van der Waals surface area contributed by atoms with Crippen LogP contribution in [0.15, 0.2) is 0 Å². The van der Waals surface area contributed by atoms with Crippen LogP contribution < -0.4 is 0 Å². The fraction of sp³-hybridized carbons (Fsp3) is 1.00. The second kappa shape index (κ2) is 58.9. The maximum absolute atomic E-state index is 12.5. The maximum Gasteiger partial charge on any atom is 0.472 e. The van der Waals surface area contributed by atoms with E-state index in [1.807, 2.05) is 0 Å². The molecule has 0 amide bonds. The minimum Gasteiger partial charge on any atom is -0.396 e. The molecule has 0 rings (SSSR count). The molecule has 57 nitrogen and oxygen atoms in total. The largest absolute Gasteiger partial charge is 0.472 e. The molecule has 71 heteroatoms. The Morgan fingerprint density at radius 3 is 0.350 bits per heavy atom. The van der Waals surface area contributed by atoms with Crippen molar-refractivity contribution in [1.82, 2.24) is 0 Å². The number of hydrogen-bond donors (Lipinski definition) is 16. The van der Waals surface area contributed by atoms with Gasteiger partial charge in [0.1, 0.15) is 0 Å². The number of aliphatic hydroxyl groups is 1. The van der Waals surface area contributed by atoms with Gasteiger partial charge in [0.05, 0.1) is 178 Å². The Balaban J connectivity index is 4.60. The lowest BCUT2D eigenvalue weighted by Gasteiger charge is -2.21. The molecule has 704 valence electrons. The van der Waals surface area contributed by atoms with Gasteiger partial charge in [-0.25, -0.2) is 63.9 Å². The quantitative estimate of drug-likeness (QED) is 0.0215. The third-order valence-electron chi connectivity index (χ3n) is 13.7. The molecule has 0 radical (unpaired) electrons. The average molecular weight is 2010 g/mol. The molecule has 0 aromatic carbocycles. The van der Waals surface area contributed by atoms with Crippen LogP contribution in [0.4, 0.5) is 0 Å². The van der Waals surface area contributed by atoms with E-state index in [4.69, 9.17) is 87.3 Å².